The lowest BCUT2D eigenvalue weighted by Crippen LogP contribution is -2.32. The molecule has 1 saturated heterocycles. The molecule has 6 nitrogen and oxygen atoms in total. The quantitative estimate of drug-likeness (QED) is 0.761. The van der Waals surface area contributed by atoms with Gasteiger partial charge in [-0.25, -0.2) is 0 Å². The van der Waals surface area contributed by atoms with Crippen LogP contribution in [-0.2, 0) is 4.79 Å². The highest BCUT2D eigenvalue weighted by Gasteiger charge is 2.33. The maximum atomic E-state index is 12.7. The minimum Gasteiger partial charge on any atom is -0.341 e. The number of carbonyl (C=O) groups is 1. The highest BCUT2D eigenvalue weighted by molar-refractivity contribution is 8.00. The fourth-order valence-corrected chi connectivity index (χ4v) is 4.39. The zero-order valence-corrected chi connectivity index (χ0v) is 16.8. The molecule has 1 aliphatic carbocycles. The molecule has 7 heteroatoms. The summed E-state index contributed by atoms with van der Waals surface area (Å²) in [6.07, 6.45) is 6.09. The van der Waals surface area contributed by atoms with Crippen molar-refractivity contribution in [2.75, 3.05) is 23.3 Å². The van der Waals surface area contributed by atoms with E-state index < -0.39 is 0 Å². The predicted molar refractivity (Wildman–Crippen MR) is 109 cm³/mol. The van der Waals surface area contributed by atoms with Crippen molar-refractivity contribution in [1.29, 1.82) is 0 Å². The molecule has 2 aliphatic rings. The number of nitrogens with one attached hydrogen (secondary N) is 1. The Kier molecular flexibility index (Phi) is 5.38. The average molecular weight is 386 g/mol. The van der Waals surface area contributed by atoms with Crippen molar-refractivity contribution >= 4 is 29.3 Å². The summed E-state index contributed by atoms with van der Waals surface area (Å²) < 4.78 is 2.27. The van der Waals surface area contributed by atoms with Crippen molar-refractivity contribution in [2.45, 2.75) is 62.4 Å². The largest absolute Gasteiger partial charge is 0.341 e. The van der Waals surface area contributed by atoms with Crippen LogP contribution in [0.3, 0.4) is 0 Å². The van der Waals surface area contributed by atoms with Gasteiger partial charge in [-0.2, -0.15) is 0 Å². The number of rotatable bonds is 6. The Hall–Kier alpha value is -2.02. The highest BCUT2D eigenvalue weighted by Crippen LogP contribution is 2.42. The number of carbonyl (C=O) groups excluding carboxylic acids is 1. The van der Waals surface area contributed by atoms with Crippen LogP contribution in [0.4, 0.5) is 11.6 Å². The molecule has 1 aliphatic heterocycles. The third-order valence-electron chi connectivity index (χ3n) is 5.25. The van der Waals surface area contributed by atoms with E-state index in [9.17, 15) is 4.79 Å². The van der Waals surface area contributed by atoms with Gasteiger partial charge in [0.05, 0.1) is 5.25 Å². The van der Waals surface area contributed by atoms with Crippen molar-refractivity contribution in [3.05, 3.63) is 29.8 Å². The summed E-state index contributed by atoms with van der Waals surface area (Å²) in [7, 11) is 0. The van der Waals surface area contributed by atoms with Crippen LogP contribution < -0.4 is 10.2 Å². The summed E-state index contributed by atoms with van der Waals surface area (Å²) in [4.78, 5) is 15.0. The Labute approximate surface area is 164 Å². The van der Waals surface area contributed by atoms with Crippen molar-refractivity contribution in [3.8, 4) is 0 Å². The minimum atomic E-state index is -0.236. The van der Waals surface area contributed by atoms with Gasteiger partial charge in [-0.05, 0) is 57.6 Å². The molecule has 1 saturated carbocycles. The fourth-order valence-electron chi connectivity index (χ4n) is 3.47. The molecule has 1 unspecified atom stereocenters. The predicted octanol–water partition coefficient (Wildman–Crippen LogP) is 4.03. The third kappa shape index (κ3) is 4.13. The van der Waals surface area contributed by atoms with Crippen molar-refractivity contribution < 1.29 is 4.79 Å². The number of thioether (sulfide) groups is 1. The summed E-state index contributed by atoms with van der Waals surface area (Å²) >= 11 is 1.51. The molecule has 1 amide bonds. The summed E-state index contributed by atoms with van der Waals surface area (Å²) in [5.74, 6) is 0.991. The number of hydrogen-bond donors (Lipinski definition) is 1. The number of benzene rings is 1. The molecule has 144 valence electrons. The summed E-state index contributed by atoms with van der Waals surface area (Å²) in [5.41, 5.74) is 1.93. The zero-order chi connectivity index (χ0) is 18.8. The van der Waals surface area contributed by atoms with E-state index in [1.165, 1.54) is 43.9 Å². The molecule has 1 N–H and O–H groups in total. The molecule has 27 heavy (non-hydrogen) atoms. The van der Waals surface area contributed by atoms with Crippen LogP contribution in [0.2, 0.25) is 0 Å². The van der Waals surface area contributed by atoms with E-state index >= 15 is 0 Å². The van der Waals surface area contributed by atoms with Gasteiger partial charge >= 0.3 is 0 Å². The Balaban J connectivity index is 1.47. The number of aromatic nitrogens is 3. The topological polar surface area (TPSA) is 63.1 Å². The van der Waals surface area contributed by atoms with Crippen molar-refractivity contribution in [3.63, 3.8) is 0 Å². The lowest BCUT2D eigenvalue weighted by molar-refractivity contribution is -0.115. The van der Waals surface area contributed by atoms with Gasteiger partial charge in [0.2, 0.25) is 11.9 Å². The number of nitrogens with zero attached hydrogens (tertiary/aromatic N) is 4. The SMILES string of the molecule is Cc1ccccc1NC(=O)C(C)Sc1nnc(N2CCCCC2)n1C1CC1. The maximum Gasteiger partial charge on any atom is 0.237 e. The molecule has 0 spiro atoms. The van der Waals surface area contributed by atoms with Gasteiger partial charge in [0.1, 0.15) is 0 Å². The minimum absolute atomic E-state index is 0.000769. The first-order valence-electron chi connectivity index (χ1n) is 9.86. The van der Waals surface area contributed by atoms with E-state index in [4.69, 9.17) is 0 Å². The molecule has 1 aromatic carbocycles. The molecule has 1 atom stereocenters. The third-order valence-corrected chi connectivity index (χ3v) is 6.31. The van der Waals surface area contributed by atoms with E-state index in [0.717, 1.165) is 35.4 Å². The number of para-hydroxylation sites is 1. The Morgan fingerprint density at radius 3 is 2.63 bits per heavy atom. The lowest BCUT2D eigenvalue weighted by Gasteiger charge is -2.28. The van der Waals surface area contributed by atoms with Crippen LogP contribution in [-0.4, -0.2) is 39.0 Å². The van der Waals surface area contributed by atoms with Crippen molar-refractivity contribution in [2.24, 2.45) is 0 Å². The molecule has 1 aromatic heterocycles. The van der Waals surface area contributed by atoms with E-state index in [2.05, 4.69) is 25.0 Å². The van der Waals surface area contributed by atoms with Gasteiger partial charge in [0.25, 0.3) is 0 Å². The summed E-state index contributed by atoms with van der Waals surface area (Å²) in [5, 5.41) is 12.6. The Bertz CT molecular complexity index is 810. The van der Waals surface area contributed by atoms with Gasteiger partial charge in [-0.15, -0.1) is 10.2 Å². The first-order chi connectivity index (χ1) is 13.1. The average Bonchev–Trinajstić information content (AvgIpc) is 3.44. The standard InChI is InChI=1S/C20H27N5OS/c1-14-8-4-5-9-17(14)21-18(26)15(2)27-20-23-22-19(25(20)16-10-11-16)24-12-6-3-7-13-24/h4-5,8-9,15-16H,3,6-7,10-13H2,1-2H3,(H,21,26). The van der Waals surface area contributed by atoms with Crippen LogP contribution in [0.1, 0.15) is 50.6 Å². The number of piperidine rings is 1. The molecular weight excluding hydrogens is 358 g/mol. The van der Waals surface area contributed by atoms with Gasteiger partial charge in [0.15, 0.2) is 5.16 Å². The summed E-state index contributed by atoms with van der Waals surface area (Å²) in [6.45, 7) is 6.05. The fraction of sp³-hybridized carbons (Fsp3) is 0.550. The molecule has 0 radical (unpaired) electrons. The van der Waals surface area contributed by atoms with Gasteiger partial charge in [0, 0.05) is 24.8 Å². The van der Waals surface area contributed by atoms with Gasteiger partial charge < -0.3 is 10.2 Å². The molecule has 0 bridgehead atoms. The van der Waals surface area contributed by atoms with Crippen LogP contribution in [0, 0.1) is 6.92 Å². The van der Waals surface area contributed by atoms with Gasteiger partial charge in [-0.3, -0.25) is 9.36 Å². The monoisotopic (exact) mass is 385 g/mol. The molecule has 2 aromatic rings. The van der Waals surface area contributed by atoms with Crippen LogP contribution in [0.5, 0.6) is 0 Å². The molecule has 4 rings (SSSR count). The second kappa shape index (κ2) is 7.92. The smallest absolute Gasteiger partial charge is 0.237 e. The Morgan fingerprint density at radius 1 is 1.19 bits per heavy atom. The highest BCUT2D eigenvalue weighted by atomic mass is 32.2. The van der Waals surface area contributed by atoms with E-state index in [-0.39, 0.29) is 11.2 Å². The normalized spacial score (nSPS) is 18.4. The molecule has 2 fully saturated rings. The maximum absolute atomic E-state index is 12.7. The first-order valence-corrected chi connectivity index (χ1v) is 10.7. The van der Waals surface area contributed by atoms with E-state index in [1.54, 1.807) is 0 Å². The van der Waals surface area contributed by atoms with Crippen LogP contribution in [0.25, 0.3) is 0 Å². The summed E-state index contributed by atoms with van der Waals surface area (Å²) in [6, 6.07) is 8.35. The zero-order valence-electron chi connectivity index (χ0n) is 16.0. The lowest BCUT2D eigenvalue weighted by atomic mass is 10.1. The second-order valence-electron chi connectivity index (χ2n) is 7.50. The van der Waals surface area contributed by atoms with E-state index in [1.807, 2.05) is 38.1 Å². The second-order valence-corrected chi connectivity index (χ2v) is 8.80. The van der Waals surface area contributed by atoms with E-state index in [0.29, 0.717) is 6.04 Å². The molecule has 2 heterocycles. The number of anilines is 2. The Morgan fingerprint density at radius 2 is 1.93 bits per heavy atom. The van der Waals surface area contributed by atoms with Crippen LogP contribution in [0.15, 0.2) is 29.4 Å². The number of amides is 1. The molecular formula is C20H27N5OS. The van der Waals surface area contributed by atoms with Crippen molar-refractivity contribution in [1.82, 2.24) is 14.8 Å². The number of hydrogen-bond acceptors (Lipinski definition) is 5. The number of aryl methyl sites for hydroxylation is 1. The first kappa shape index (κ1) is 18.3. The van der Waals surface area contributed by atoms with Gasteiger partial charge in [-0.1, -0.05) is 30.0 Å². The van der Waals surface area contributed by atoms with Crippen LogP contribution >= 0.6 is 11.8 Å².